The van der Waals surface area contributed by atoms with Gasteiger partial charge in [-0.05, 0) is 19.1 Å². The lowest BCUT2D eigenvalue weighted by Gasteiger charge is -2.26. The van der Waals surface area contributed by atoms with E-state index in [1.807, 2.05) is 6.92 Å². The predicted octanol–water partition coefficient (Wildman–Crippen LogP) is -0.277. The average Bonchev–Trinajstić information content (AvgIpc) is 2.66. The molecule has 0 bridgehead atoms. The molecular formula is C18H27N3O5S. The van der Waals surface area contributed by atoms with Gasteiger partial charge in [-0.3, -0.25) is 14.5 Å². The molecule has 1 saturated heterocycles. The number of sulfone groups is 1. The molecule has 0 atom stereocenters. The summed E-state index contributed by atoms with van der Waals surface area (Å²) in [6.45, 7) is 6.05. The number of benzene rings is 1. The van der Waals surface area contributed by atoms with Crippen molar-refractivity contribution in [2.45, 2.75) is 18.2 Å². The monoisotopic (exact) mass is 397 g/mol. The summed E-state index contributed by atoms with van der Waals surface area (Å²) >= 11 is 0. The summed E-state index contributed by atoms with van der Waals surface area (Å²) in [5.74, 6) is -1.05. The van der Waals surface area contributed by atoms with Crippen LogP contribution in [0, 0.1) is 6.92 Å². The van der Waals surface area contributed by atoms with Crippen LogP contribution in [0.3, 0.4) is 0 Å². The summed E-state index contributed by atoms with van der Waals surface area (Å²) in [6.07, 6.45) is -0.183. The van der Waals surface area contributed by atoms with Gasteiger partial charge in [-0.25, -0.2) is 8.42 Å². The zero-order valence-electron chi connectivity index (χ0n) is 15.6. The number of hydrogen-bond acceptors (Lipinski definition) is 6. The van der Waals surface area contributed by atoms with Crippen LogP contribution < -0.4 is 10.6 Å². The van der Waals surface area contributed by atoms with Crippen molar-refractivity contribution in [3.63, 3.8) is 0 Å². The number of nitrogens with one attached hydrogen (secondary N) is 2. The van der Waals surface area contributed by atoms with Gasteiger partial charge in [0.05, 0.1) is 30.4 Å². The Balaban J connectivity index is 1.63. The molecule has 0 saturated carbocycles. The minimum atomic E-state index is -3.51. The fraction of sp³-hybridized carbons (Fsp3) is 0.556. The Hall–Kier alpha value is -1.97. The van der Waals surface area contributed by atoms with E-state index in [0.29, 0.717) is 19.8 Å². The van der Waals surface area contributed by atoms with Gasteiger partial charge in [-0.2, -0.15) is 0 Å². The topological polar surface area (TPSA) is 105 Å². The molecule has 0 spiro atoms. The Labute approximate surface area is 160 Å². The van der Waals surface area contributed by atoms with E-state index in [1.54, 1.807) is 12.1 Å². The van der Waals surface area contributed by atoms with E-state index < -0.39 is 15.7 Å². The van der Waals surface area contributed by atoms with E-state index in [0.717, 1.165) is 25.2 Å². The fourth-order valence-corrected chi connectivity index (χ4v) is 3.84. The van der Waals surface area contributed by atoms with Gasteiger partial charge in [0.2, 0.25) is 11.8 Å². The normalized spacial score (nSPS) is 15.3. The number of hydrogen-bond donors (Lipinski definition) is 2. The largest absolute Gasteiger partial charge is 0.379 e. The van der Waals surface area contributed by atoms with Crippen molar-refractivity contribution in [2.24, 2.45) is 0 Å². The van der Waals surface area contributed by atoms with Crippen LogP contribution in [0.2, 0.25) is 0 Å². The zero-order chi connectivity index (χ0) is 19.7. The summed E-state index contributed by atoms with van der Waals surface area (Å²) in [4.78, 5) is 26.0. The van der Waals surface area contributed by atoms with Gasteiger partial charge in [-0.15, -0.1) is 0 Å². The maximum Gasteiger partial charge on any atom is 0.239 e. The van der Waals surface area contributed by atoms with Crippen molar-refractivity contribution in [2.75, 3.05) is 51.7 Å². The maximum absolute atomic E-state index is 12.2. The van der Waals surface area contributed by atoms with Crippen molar-refractivity contribution in [1.82, 2.24) is 15.5 Å². The quantitative estimate of drug-likeness (QED) is 0.594. The van der Waals surface area contributed by atoms with Crippen LogP contribution in [0.25, 0.3) is 0 Å². The third-order valence-corrected chi connectivity index (χ3v) is 6.01. The molecule has 1 aliphatic heterocycles. The van der Waals surface area contributed by atoms with E-state index in [4.69, 9.17) is 4.74 Å². The lowest BCUT2D eigenvalue weighted by Crippen LogP contribution is -2.43. The van der Waals surface area contributed by atoms with Gasteiger partial charge in [0.1, 0.15) is 0 Å². The molecule has 27 heavy (non-hydrogen) atoms. The Bertz CT molecular complexity index is 728. The molecule has 1 fully saturated rings. The van der Waals surface area contributed by atoms with Crippen molar-refractivity contribution >= 4 is 21.7 Å². The Kier molecular flexibility index (Phi) is 8.21. The molecule has 1 aliphatic rings. The molecule has 1 aromatic carbocycles. The molecule has 0 unspecified atom stereocenters. The minimum Gasteiger partial charge on any atom is -0.379 e. The summed E-state index contributed by atoms with van der Waals surface area (Å²) < 4.78 is 29.7. The molecule has 8 nitrogen and oxygen atoms in total. The Morgan fingerprint density at radius 1 is 1.07 bits per heavy atom. The van der Waals surface area contributed by atoms with Gasteiger partial charge >= 0.3 is 0 Å². The lowest BCUT2D eigenvalue weighted by atomic mass is 10.2. The number of morpholine rings is 1. The number of nitrogens with zero attached hydrogens (tertiary/aromatic N) is 1. The molecule has 2 amide bonds. The third kappa shape index (κ3) is 7.66. The molecular weight excluding hydrogens is 370 g/mol. The standard InChI is InChI=1S/C18H27N3O5S/c1-15-2-4-16(5-3-15)27(24,25)13-6-17(22)20-14-18(23)19-7-8-21-9-11-26-12-10-21/h2-5H,6-14H2,1H3,(H,19,23)(H,20,22). The highest BCUT2D eigenvalue weighted by Crippen LogP contribution is 2.12. The van der Waals surface area contributed by atoms with E-state index in [1.165, 1.54) is 12.1 Å². The van der Waals surface area contributed by atoms with E-state index in [2.05, 4.69) is 15.5 Å². The van der Waals surface area contributed by atoms with Crippen LogP contribution in [-0.4, -0.2) is 76.8 Å². The molecule has 2 N–H and O–H groups in total. The highest BCUT2D eigenvalue weighted by molar-refractivity contribution is 7.91. The van der Waals surface area contributed by atoms with Gasteiger partial charge in [0.25, 0.3) is 0 Å². The highest BCUT2D eigenvalue weighted by atomic mass is 32.2. The van der Waals surface area contributed by atoms with Crippen LogP contribution in [0.1, 0.15) is 12.0 Å². The first-order chi connectivity index (χ1) is 12.9. The Morgan fingerprint density at radius 2 is 1.74 bits per heavy atom. The van der Waals surface area contributed by atoms with Crippen LogP contribution in [0.5, 0.6) is 0 Å². The number of aryl methyl sites for hydroxylation is 1. The number of carbonyl (C=O) groups is 2. The summed E-state index contributed by atoms with van der Waals surface area (Å²) in [5, 5.41) is 5.19. The van der Waals surface area contributed by atoms with Crippen molar-refractivity contribution in [3.05, 3.63) is 29.8 Å². The first kappa shape index (κ1) is 21.3. The minimum absolute atomic E-state index is 0.160. The maximum atomic E-state index is 12.2. The third-order valence-electron chi connectivity index (χ3n) is 4.28. The van der Waals surface area contributed by atoms with Crippen LogP contribution >= 0.6 is 0 Å². The summed E-state index contributed by atoms with van der Waals surface area (Å²) in [7, 11) is -3.51. The first-order valence-corrected chi connectivity index (χ1v) is 10.6. The molecule has 1 aromatic rings. The number of rotatable bonds is 9. The van der Waals surface area contributed by atoms with Crippen LogP contribution in [-0.2, 0) is 24.2 Å². The predicted molar refractivity (Wildman–Crippen MR) is 101 cm³/mol. The van der Waals surface area contributed by atoms with Gasteiger partial charge in [0.15, 0.2) is 9.84 Å². The number of ether oxygens (including phenoxy) is 1. The molecule has 0 aromatic heterocycles. The first-order valence-electron chi connectivity index (χ1n) is 9.00. The van der Waals surface area contributed by atoms with Crippen LogP contribution in [0.4, 0.5) is 0 Å². The molecule has 9 heteroatoms. The smallest absolute Gasteiger partial charge is 0.239 e. The fourth-order valence-electron chi connectivity index (χ4n) is 2.60. The zero-order valence-corrected chi connectivity index (χ0v) is 16.4. The van der Waals surface area contributed by atoms with E-state index in [-0.39, 0.29) is 29.5 Å². The Morgan fingerprint density at radius 3 is 2.41 bits per heavy atom. The SMILES string of the molecule is Cc1ccc(S(=O)(=O)CCC(=O)NCC(=O)NCCN2CCOCC2)cc1. The number of carbonyl (C=O) groups excluding carboxylic acids is 2. The molecule has 2 rings (SSSR count). The molecule has 1 heterocycles. The second-order valence-corrected chi connectivity index (χ2v) is 8.57. The van der Waals surface area contributed by atoms with Crippen molar-refractivity contribution in [1.29, 1.82) is 0 Å². The average molecular weight is 397 g/mol. The molecule has 0 radical (unpaired) electrons. The lowest BCUT2D eigenvalue weighted by molar-refractivity contribution is -0.125. The van der Waals surface area contributed by atoms with Gasteiger partial charge in [-0.1, -0.05) is 17.7 Å². The van der Waals surface area contributed by atoms with Crippen LogP contribution in [0.15, 0.2) is 29.2 Å². The highest BCUT2D eigenvalue weighted by Gasteiger charge is 2.17. The molecule has 150 valence electrons. The van der Waals surface area contributed by atoms with E-state index >= 15 is 0 Å². The summed E-state index contributed by atoms with van der Waals surface area (Å²) in [6, 6.07) is 6.50. The van der Waals surface area contributed by atoms with Crippen molar-refractivity contribution in [3.8, 4) is 0 Å². The molecule has 0 aliphatic carbocycles. The second kappa shape index (κ2) is 10.4. The second-order valence-electron chi connectivity index (χ2n) is 6.46. The summed E-state index contributed by atoms with van der Waals surface area (Å²) in [5.41, 5.74) is 0.964. The van der Waals surface area contributed by atoms with Gasteiger partial charge in [0, 0.05) is 32.6 Å². The van der Waals surface area contributed by atoms with Gasteiger partial charge < -0.3 is 15.4 Å². The van der Waals surface area contributed by atoms with E-state index in [9.17, 15) is 18.0 Å². The van der Waals surface area contributed by atoms with Crippen molar-refractivity contribution < 1.29 is 22.7 Å². The number of amides is 2.